The predicted molar refractivity (Wildman–Crippen MR) is 91.1 cm³/mol. The Morgan fingerprint density at radius 1 is 1.19 bits per heavy atom. The molecule has 0 spiro atoms. The summed E-state index contributed by atoms with van der Waals surface area (Å²) < 4.78 is 45.2. The lowest BCUT2D eigenvalue weighted by molar-refractivity contribution is -0.144. The summed E-state index contributed by atoms with van der Waals surface area (Å²) in [4.78, 5) is 37.6. The van der Waals surface area contributed by atoms with E-state index in [0.29, 0.717) is 31.9 Å². The van der Waals surface area contributed by atoms with E-state index in [1.165, 1.54) is 31.0 Å². The maximum absolute atomic E-state index is 13.0. The minimum absolute atomic E-state index is 0.0110. The van der Waals surface area contributed by atoms with Gasteiger partial charge in [0.15, 0.2) is 0 Å². The van der Waals surface area contributed by atoms with Crippen LogP contribution in [0.1, 0.15) is 12.6 Å². The second-order valence-electron chi connectivity index (χ2n) is 5.92. The maximum atomic E-state index is 13.0. The number of hydrogen-bond acceptors (Lipinski definition) is 4. The van der Waals surface area contributed by atoms with E-state index in [0.717, 1.165) is 13.3 Å². The molecule has 1 aromatic carbocycles. The molecule has 2 aromatic heterocycles. The monoisotopic (exact) mass is 381 g/mol. The van der Waals surface area contributed by atoms with Gasteiger partial charge in [-0.05, 0) is 18.2 Å². The Morgan fingerprint density at radius 3 is 2.44 bits per heavy atom. The van der Waals surface area contributed by atoms with Crippen LogP contribution in [0.3, 0.4) is 0 Å². The normalized spacial score (nSPS) is 11.8. The molecule has 1 amide bonds. The molecule has 0 unspecified atom stereocenters. The Hall–Kier alpha value is -3.30. The van der Waals surface area contributed by atoms with E-state index < -0.39 is 23.1 Å². The van der Waals surface area contributed by atoms with Crippen LogP contribution in [0.2, 0.25) is 0 Å². The average Bonchev–Trinajstić information content (AvgIpc) is 2.99. The second-order valence-corrected chi connectivity index (χ2v) is 5.92. The van der Waals surface area contributed by atoms with Gasteiger partial charge in [-0.2, -0.15) is 13.2 Å². The van der Waals surface area contributed by atoms with Gasteiger partial charge >= 0.3 is 11.9 Å². The number of benzene rings is 1. The fraction of sp³-hybridized carbons (Fsp3) is 0.235. The van der Waals surface area contributed by atoms with E-state index in [1.54, 1.807) is 6.07 Å². The van der Waals surface area contributed by atoms with Crippen molar-refractivity contribution in [3.05, 3.63) is 57.1 Å². The summed E-state index contributed by atoms with van der Waals surface area (Å²) in [5, 5.41) is 0.305. The molecule has 0 radical (unpaired) electrons. The molecule has 0 fully saturated rings. The number of carbonyl (C=O) groups excluding carboxylic acids is 1. The van der Waals surface area contributed by atoms with E-state index in [-0.39, 0.29) is 11.6 Å². The van der Waals surface area contributed by atoms with Crippen LogP contribution in [0, 0.1) is 0 Å². The van der Waals surface area contributed by atoms with Crippen molar-refractivity contribution >= 4 is 22.6 Å². The van der Waals surface area contributed by atoms with Crippen LogP contribution in [0.25, 0.3) is 16.7 Å². The highest BCUT2D eigenvalue weighted by atomic mass is 19.4. The van der Waals surface area contributed by atoms with Crippen LogP contribution >= 0.6 is 0 Å². The van der Waals surface area contributed by atoms with E-state index in [4.69, 9.17) is 4.42 Å². The van der Waals surface area contributed by atoms with Gasteiger partial charge in [0.2, 0.25) is 5.91 Å². The molecule has 0 saturated carbocycles. The van der Waals surface area contributed by atoms with Gasteiger partial charge in [-0.3, -0.25) is 14.2 Å². The van der Waals surface area contributed by atoms with Gasteiger partial charge in [0.05, 0.1) is 0 Å². The molecule has 10 heteroatoms. The molecule has 0 saturated heterocycles. The smallest absolute Gasteiger partial charge is 0.431 e. The van der Waals surface area contributed by atoms with Gasteiger partial charge in [0.25, 0.3) is 5.56 Å². The highest BCUT2D eigenvalue weighted by molar-refractivity contribution is 5.95. The zero-order valence-corrected chi connectivity index (χ0v) is 14.5. The summed E-state index contributed by atoms with van der Waals surface area (Å²) in [6.45, 7) is 1.36. The number of fused-ring (bicyclic) bond motifs is 1. The minimum atomic E-state index is -4.85. The van der Waals surface area contributed by atoms with Crippen molar-refractivity contribution in [3.63, 3.8) is 0 Å². The molecule has 0 N–H and O–H groups in total. The Bertz CT molecular complexity index is 1170. The fourth-order valence-electron chi connectivity index (χ4n) is 2.69. The first-order valence-electron chi connectivity index (χ1n) is 7.68. The van der Waals surface area contributed by atoms with Crippen LogP contribution in [0.15, 0.2) is 44.5 Å². The van der Waals surface area contributed by atoms with Gasteiger partial charge in [-0.25, -0.2) is 9.36 Å². The Morgan fingerprint density at radius 2 is 1.85 bits per heavy atom. The molecule has 0 aliphatic heterocycles. The third-order valence-corrected chi connectivity index (χ3v) is 4.25. The molecule has 0 aliphatic carbocycles. The largest absolute Gasteiger partial charge is 0.462 e. The van der Waals surface area contributed by atoms with Crippen LogP contribution in [0.5, 0.6) is 0 Å². The number of carbonyl (C=O) groups is 1. The topological polar surface area (TPSA) is 77.5 Å². The number of hydrogen-bond donors (Lipinski definition) is 0. The third kappa shape index (κ3) is 3.03. The van der Waals surface area contributed by atoms with E-state index in [9.17, 15) is 27.6 Å². The summed E-state index contributed by atoms with van der Waals surface area (Å²) in [6.07, 6.45) is -3.74. The van der Waals surface area contributed by atoms with Crippen molar-refractivity contribution in [2.75, 3.05) is 11.9 Å². The minimum Gasteiger partial charge on any atom is -0.462 e. The zero-order valence-electron chi connectivity index (χ0n) is 14.5. The number of amides is 1. The maximum Gasteiger partial charge on any atom is 0.431 e. The van der Waals surface area contributed by atoms with Crippen molar-refractivity contribution in [3.8, 4) is 5.69 Å². The third-order valence-electron chi connectivity index (χ3n) is 4.25. The number of anilines is 1. The Kier molecular flexibility index (Phi) is 4.21. The number of nitrogens with zero attached hydrogens (tertiary/aromatic N) is 3. The first-order valence-corrected chi connectivity index (χ1v) is 7.68. The molecular formula is C17H14F3N3O4. The highest BCUT2D eigenvalue weighted by Gasteiger charge is 2.35. The lowest BCUT2D eigenvalue weighted by atomic mass is 10.2. The molecule has 3 rings (SSSR count). The van der Waals surface area contributed by atoms with Gasteiger partial charge < -0.3 is 9.32 Å². The Balaban J connectivity index is 2.29. The van der Waals surface area contributed by atoms with Crippen LogP contribution < -0.4 is 16.1 Å². The van der Waals surface area contributed by atoms with Crippen molar-refractivity contribution in [2.24, 2.45) is 7.05 Å². The van der Waals surface area contributed by atoms with Gasteiger partial charge in [0.1, 0.15) is 23.2 Å². The van der Waals surface area contributed by atoms with Gasteiger partial charge in [0, 0.05) is 38.2 Å². The number of rotatable bonds is 2. The fourth-order valence-corrected chi connectivity index (χ4v) is 2.69. The van der Waals surface area contributed by atoms with Crippen molar-refractivity contribution in [1.82, 2.24) is 9.13 Å². The van der Waals surface area contributed by atoms with Crippen LogP contribution in [0.4, 0.5) is 18.9 Å². The van der Waals surface area contributed by atoms with Crippen molar-refractivity contribution in [2.45, 2.75) is 13.1 Å². The average molecular weight is 381 g/mol. The Labute approximate surface area is 149 Å². The lowest BCUT2D eigenvalue weighted by Gasteiger charge is -2.15. The second kappa shape index (κ2) is 6.15. The molecule has 27 heavy (non-hydrogen) atoms. The van der Waals surface area contributed by atoms with Gasteiger partial charge in [-0.15, -0.1) is 0 Å². The highest BCUT2D eigenvalue weighted by Crippen LogP contribution is 2.29. The molecule has 0 atom stereocenters. The molecule has 0 bridgehead atoms. The van der Waals surface area contributed by atoms with Crippen molar-refractivity contribution in [1.29, 1.82) is 0 Å². The van der Waals surface area contributed by atoms with Gasteiger partial charge in [-0.1, -0.05) is 0 Å². The first-order chi connectivity index (χ1) is 12.5. The number of furan rings is 1. The predicted octanol–water partition coefficient (Wildman–Crippen LogP) is 2.28. The van der Waals surface area contributed by atoms with E-state index in [2.05, 4.69) is 0 Å². The summed E-state index contributed by atoms with van der Waals surface area (Å²) in [5.41, 5.74) is -2.89. The molecule has 0 aliphatic rings. The summed E-state index contributed by atoms with van der Waals surface area (Å²) in [6, 6.07) is 5.00. The quantitative estimate of drug-likeness (QED) is 0.682. The molecule has 2 heterocycles. The SMILES string of the molecule is CC(=O)N(C)c1ccc2occ(-n3c(=O)cc(C(F)(F)F)n(C)c3=O)c2c1. The molecule has 3 aromatic rings. The molecule has 7 nitrogen and oxygen atoms in total. The van der Waals surface area contributed by atoms with E-state index >= 15 is 0 Å². The number of halogens is 3. The summed E-state index contributed by atoms with van der Waals surface area (Å²) in [5.74, 6) is -0.248. The summed E-state index contributed by atoms with van der Waals surface area (Å²) in [7, 11) is 2.46. The van der Waals surface area contributed by atoms with Crippen LogP contribution in [-0.2, 0) is 18.0 Å². The number of alkyl halides is 3. The first kappa shape index (κ1) is 18.5. The van der Waals surface area contributed by atoms with Crippen LogP contribution in [-0.4, -0.2) is 22.1 Å². The zero-order chi connectivity index (χ0) is 20.1. The number of aromatic nitrogens is 2. The molecular weight excluding hydrogens is 367 g/mol. The van der Waals surface area contributed by atoms with E-state index in [1.807, 2.05) is 0 Å². The summed E-state index contributed by atoms with van der Waals surface area (Å²) >= 11 is 0. The lowest BCUT2D eigenvalue weighted by Crippen LogP contribution is -2.40. The van der Waals surface area contributed by atoms with Crippen molar-refractivity contribution < 1.29 is 22.4 Å². The standard InChI is InChI=1S/C17H14F3N3O4/c1-9(24)21(2)10-4-5-13-11(6-10)12(8-27-13)23-15(25)7-14(17(18,19)20)22(3)16(23)26/h4-8H,1-3H3. The molecule has 142 valence electrons.